The van der Waals surface area contributed by atoms with E-state index in [1.165, 1.54) is 16.4 Å². The number of hydrogen-bond acceptors (Lipinski definition) is 4. The van der Waals surface area contributed by atoms with Crippen LogP contribution in [-0.2, 0) is 19.6 Å². The van der Waals surface area contributed by atoms with Gasteiger partial charge in [0.2, 0.25) is 21.8 Å². The molecule has 1 atom stereocenters. The molecule has 2 aromatic carbocycles. The third kappa shape index (κ3) is 4.22. The summed E-state index contributed by atoms with van der Waals surface area (Å²) in [5, 5.41) is 2.82. The van der Waals surface area contributed by atoms with E-state index in [2.05, 4.69) is 5.32 Å². The minimum Gasteiger partial charge on any atom is -0.326 e. The lowest BCUT2D eigenvalue weighted by Gasteiger charge is -2.20. The lowest BCUT2D eigenvalue weighted by Crippen LogP contribution is -2.29. The van der Waals surface area contributed by atoms with Gasteiger partial charge in [0.05, 0.1) is 10.8 Å². The lowest BCUT2D eigenvalue weighted by atomic mass is 10.1. The molecule has 4 rings (SSSR count). The molecule has 8 heteroatoms. The van der Waals surface area contributed by atoms with Crippen LogP contribution in [0, 0.1) is 19.8 Å². The molecule has 2 aromatic rings. The van der Waals surface area contributed by atoms with E-state index in [1.54, 1.807) is 17.0 Å². The number of anilines is 2. The van der Waals surface area contributed by atoms with Gasteiger partial charge in [0, 0.05) is 37.4 Å². The van der Waals surface area contributed by atoms with E-state index in [4.69, 9.17) is 0 Å². The number of aryl methyl sites for hydroxylation is 1. The van der Waals surface area contributed by atoms with Crippen molar-refractivity contribution >= 4 is 33.2 Å². The zero-order valence-corrected chi connectivity index (χ0v) is 18.6. The summed E-state index contributed by atoms with van der Waals surface area (Å²) in [7, 11) is -3.48. The summed E-state index contributed by atoms with van der Waals surface area (Å²) < 4.78 is 26.8. The lowest BCUT2D eigenvalue weighted by molar-refractivity contribution is -0.122. The number of hydrogen-bond donors (Lipinski definition) is 1. The molecule has 0 radical (unpaired) electrons. The second kappa shape index (κ2) is 8.43. The Bertz CT molecular complexity index is 1110. The third-order valence-electron chi connectivity index (χ3n) is 6.19. The van der Waals surface area contributed by atoms with E-state index in [1.807, 2.05) is 32.0 Å². The van der Waals surface area contributed by atoms with Crippen molar-refractivity contribution in [1.82, 2.24) is 4.31 Å². The van der Waals surface area contributed by atoms with Gasteiger partial charge in [-0.15, -0.1) is 0 Å². The van der Waals surface area contributed by atoms with Crippen LogP contribution in [0.2, 0.25) is 0 Å². The van der Waals surface area contributed by atoms with Gasteiger partial charge in [-0.3, -0.25) is 9.59 Å². The van der Waals surface area contributed by atoms with Crippen molar-refractivity contribution in [3.63, 3.8) is 0 Å². The molecule has 0 bridgehead atoms. The number of carbonyl (C=O) groups is 2. The molecule has 0 saturated carbocycles. The van der Waals surface area contributed by atoms with E-state index in [0.29, 0.717) is 25.3 Å². The van der Waals surface area contributed by atoms with Gasteiger partial charge < -0.3 is 10.2 Å². The van der Waals surface area contributed by atoms with Gasteiger partial charge >= 0.3 is 0 Å². The fourth-order valence-corrected chi connectivity index (χ4v) is 5.69. The van der Waals surface area contributed by atoms with Crippen molar-refractivity contribution in [3.05, 3.63) is 53.6 Å². The van der Waals surface area contributed by atoms with Crippen LogP contribution < -0.4 is 10.2 Å². The monoisotopic (exact) mass is 441 g/mol. The fraction of sp³-hybridized carbons (Fsp3) is 0.391. The predicted octanol–water partition coefficient (Wildman–Crippen LogP) is 3.08. The molecule has 7 nitrogen and oxygen atoms in total. The molecule has 164 valence electrons. The Hall–Kier alpha value is -2.71. The van der Waals surface area contributed by atoms with Gasteiger partial charge in [-0.25, -0.2) is 8.42 Å². The molecule has 2 amide bonds. The molecule has 31 heavy (non-hydrogen) atoms. The van der Waals surface area contributed by atoms with Gasteiger partial charge in [0.1, 0.15) is 0 Å². The van der Waals surface area contributed by atoms with E-state index in [9.17, 15) is 18.0 Å². The molecule has 2 heterocycles. The Labute approximate surface area is 183 Å². The first kappa shape index (κ1) is 21.5. The maximum Gasteiger partial charge on any atom is 0.243 e. The standard InChI is InChI=1S/C23H27N3O4S/c1-16-6-5-7-21(17(16)2)26-15-18(14-22(26)27)23(28)24-19-8-10-20(11-9-19)31(29,30)25-12-3-4-13-25/h5-11,18H,3-4,12-15H2,1-2H3,(H,24,28)/t18-/m1/s1. The van der Waals surface area contributed by atoms with Crippen molar-refractivity contribution in [2.24, 2.45) is 5.92 Å². The van der Waals surface area contributed by atoms with E-state index >= 15 is 0 Å². The molecule has 1 N–H and O–H groups in total. The molecular weight excluding hydrogens is 414 g/mol. The van der Waals surface area contributed by atoms with Crippen LogP contribution >= 0.6 is 0 Å². The Balaban J connectivity index is 1.43. The molecule has 2 fully saturated rings. The summed E-state index contributed by atoms with van der Waals surface area (Å²) >= 11 is 0. The Morgan fingerprint density at radius 3 is 2.39 bits per heavy atom. The van der Waals surface area contributed by atoms with E-state index in [-0.39, 0.29) is 23.1 Å². The first-order valence-corrected chi connectivity index (χ1v) is 12.0. The Kier molecular flexibility index (Phi) is 5.85. The molecule has 2 aliphatic rings. The van der Waals surface area contributed by atoms with Crippen LogP contribution in [0.3, 0.4) is 0 Å². The number of nitrogens with zero attached hydrogens (tertiary/aromatic N) is 2. The summed E-state index contributed by atoms with van der Waals surface area (Å²) in [5.41, 5.74) is 3.49. The van der Waals surface area contributed by atoms with Crippen molar-refractivity contribution in [2.45, 2.75) is 38.0 Å². The summed E-state index contributed by atoms with van der Waals surface area (Å²) in [6.45, 7) is 5.40. The predicted molar refractivity (Wildman–Crippen MR) is 119 cm³/mol. The van der Waals surface area contributed by atoms with Gasteiger partial charge in [0.25, 0.3) is 0 Å². The van der Waals surface area contributed by atoms with Crippen molar-refractivity contribution in [3.8, 4) is 0 Å². The SMILES string of the molecule is Cc1cccc(N2C[C@H](C(=O)Nc3ccc(S(=O)(=O)N4CCCC4)cc3)CC2=O)c1C. The number of nitrogens with one attached hydrogen (secondary N) is 1. The minimum atomic E-state index is -3.48. The molecular formula is C23H27N3O4S. The zero-order chi connectivity index (χ0) is 22.2. The zero-order valence-electron chi connectivity index (χ0n) is 17.8. The van der Waals surface area contributed by atoms with Gasteiger partial charge in [-0.1, -0.05) is 12.1 Å². The summed E-state index contributed by atoms with van der Waals surface area (Å²) in [5.74, 6) is -0.766. The number of rotatable bonds is 5. The van der Waals surface area contributed by atoms with E-state index in [0.717, 1.165) is 29.7 Å². The Morgan fingerprint density at radius 1 is 1.03 bits per heavy atom. The molecule has 0 aliphatic carbocycles. The second-order valence-corrected chi connectivity index (χ2v) is 10.2. The van der Waals surface area contributed by atoms with Crippen molar-refractivity contribution < 1.29 is 18.0 Å². The van der Waals surface area contributed by atoms with Gasteiger partial charge in [0.15, 0.2) is 0 Å². The first-order chi connectivity index (χ1) is 14.8. The Morgan fingerprint density at radius 2 is 1.71 bits per heavy atom. The van der Waals surface area contributed by atoms with Crippen LogP contribution in [0.15, 0.2) is 47.4 Å². The molecule has 2 aliphatic heterocycles. The molecule has 2 saturated heterocycles. The second-order valence-electron chi connectivity index (χ2n) is 8.25. The van der Waals surface area contributed by atoms with Crippen LogP contribution in [0.5, 0.6) is 0 Å². The van der Waals surface area contributed by atoms with Crippen molar-refractivity contribution in [2.75, 3.05) is 29.9 Å². The number of benzene rings is 2. The molecule has 0 unspecified atom stereocenters. The largest absolute Gasteiger partial charge is 0.326 e. The van der Waals surface area contributed by atoms with Crippen LogP contribution in [-0.4, -0.2) is 44.2 Å². The number of amides is 2. The van der Waals surface area contributed by atoms with E-state index < -0.39 is 15.9 Å². The minimum absolute atomic E-state index is 0.0686. The topological polar surface area (TPSA) is 86.8 Å². The van der Waals surface area contributed by atoms with Gasteiger partial charge in [-0.2, -0.15) is 4.31 Å². The highest BCUT2D eigenvalue weighted by Gasteiger charge is 2.36. The normalized spacial score (nSPS) is 19.7. The average Bonchev–Trinajstić information content (AvgIpc) is 3.41. The highest BCUT2D eigenvalue weighted by molar-refractivity contribution is 7.89. The first-order valence-electron chi connectivity index (χ1n) is 10.5. The quantitative estimate of drug-likeness (QED) is 0.773. The summed E-state index contributed by atoms with van der Waals surface area (Å²) in [6.07, 6.45) is 1.92. The number of sulfonamides is 1. The van der Waals surface area contributed by atoms with Crippen LogP contribution in [0.4, 0.5) is 11.4 Å². The highest BCUT2D eigenvalue weighted by atomic mass is 32.2. The van der Waals surface area contributed by atoms with Crippen LogP contribution in [0.25, 0.3) is 0 Å². The highest BCUT2D eigenvalue weighted by Crippen LogP contribution is 2.30. The van der Waals surface area contributed by atoms with Crippen LogP contribution in [0.1, 0.15) is 30.4 Å². The van der Waals surface area contributed by atoms with Gasteiger partial charge in [-0.05, 0) is 68.1 Å². The third-order valence-corrected chi connectivity index (χ3v) is 8.10. The summed E-state index contributed by atoms with van der Waals surface area (Å²) in [6, 6.07) is 12.0. The maximum atomic E-state index is 12.8. The molecule has 0 aromatic heterocycles. The number of carbonyl (C=O) groups excluding carboxylic acids is 2. The van der Waals surface area contributed by atoms with Crippen molar-refractivity contribution in [1.29, 1.82) is 0 Å². The fourth-order valence-electron chi connectivity index (χ4n) is 4.18. The maximum absolute atomic E-state index is 12.8. The molecule has 0 spiro atoms. The smallest absolute Gasteiger partial charge is 0.243 e. The average molecular weight is 442 g/mol. The summed E-state index contributed by atoms with van der Waals surface area (Å²) in [4.78, 5) is 27.2.